The lowest BCUT2D eigenvalue weighted by atomic mass is 10.2. The van der Waals surface area contributed by atoms with Crippen LogP contribution in [0.2, 0.25) is 0 Å². The van der Waals surface area contributed by atoms with Gasteiger partial charge < -0.3 is 10.1 Å². The highest BCUT2D eigenvalue weighted by atomic mass is 16.5. The number of nitrogens with zero attached hydrogens (tertiary/aromatic N) is 4. The second-order valence-electron chi connectivity index (χ2n) is 6.85. The zero-order chi connectivity index (χ0) is 18.6. The van der Waals surface area contributed by atoms with Gasteiger partial charge in [0.15, 0.2) is 5.82 Å². The lowest BCUT2D eigenvalue weighted by Crippen LogP contribution is -2.07. The number of rotatable bonds is 3. The average Bonchev–Trinajstić information content (AvgIpc) is 3.19. The van der Waals surface area contributed by atoms with Gasteiger partial charge in [0, 0.05) is 49.9 Å². The minimum Gasteiger partial charge on any atom is -0.381 e. The van der Waals surface area contributed by atoms with Gasteiger partial charge in [0.2, 0.25) is 5.91 Å². The van der Waals surface area contributed by atoms with Crippen LogP contribution in [0.1, 0.15) is 44.2 Å². The van der Waals surface area contributed by atoms with Gasteiger partial charge in [0.05, 0.1) is 11.2 Å². The maximum absolute atomic E-state index is 11.2. The quantitative estimate of drug-likeness (QED) is 0.769. The van der Waals surface area contributed by atoms with Gasteiger partial charge >= 0.3 is 0 Å². The predicted molar refractivity (Wildman–Crippen MR) is 103 cm³/mol. The number of nitrogens with one attached hydrogen (secondary N) is 1. The standard InChI is InChI=1S/C16H15N5O.C4H8O/c1-10(22)19-14-8-13-12(9-18-14)16(11-5-6-11)20-21(13)15-4-2-3-7-17-15;1-2-4-5-3-1/h2-4,7-9,11H,5-6H2,1H3,(H,18,19,22);1-4H2. The molecule has 3 aromatic rings. The van der Waals surface area contributed by atoms with Gasteiger partial charge in [-0.2, -0.15) is 5.10 Å². The third-order valence-corrected chi connectivity index (χ3v) is 4.56. The highest BCUT2D eigenvalue weighted by Crippen LogP contribution is 2.42. The van der Waals surface area contributed by atoms with Crippen LogP contribution in [0.4, 0.5) is 5.82 Å². The number of ether oxygens (including phenoxy) is 1. The van der Waals surface area contributed by atoms with Crippen LogP contribution in [0.3, 0.4) is 0 Å². The summed E-state index contributed by atoms with van der Waals surface area (Å²) in [5.74, 6) is 1.66. The van der Waals surface area contributed by atoms with Crippen molar-refractivity contribution in [3.8, 4) is 5.82 Å². The number of aromatic nitrogens is 4. The first-order chi connectivity index (χ1) is 13.2. The van der Waals surface area contributed by atoms with E-state index in [4.69, 9.17) is 9.84 Å². The number of anilines is 1. The van der Waals surface area contributed by atoms with E-state index in [0.29, 0.717) is 11.7 Å². The van der Waals surface area contributed by atoms with Crippen LogP contribution in [0, 0.1) is 0 Å². The van der Waals surface area contributed by atoms with Crippen molar-refractivity contribution in [3.63, 3.8) is 0 Å². The topological polar surface area (TPSA) is 81.9 Å². The second kappa shape index (κ2) is 7.84. The molecule has 7 heteroatoms. The maximum Gasteiger partial charge on any atom is 0.222 e. The number of fused-ring (bicyclic) bond motifs is 1. The molecule has 3 aromatic heterocycles. The highest BCUT2D eigenvalue weighted by molar-refractivity contribution is 5.91. The Morgan fingerprint density at radius 2 is 2.04 bits per heavy atom. The zero-order valence-electron chi connectivity index (χ0n) is 15.4. The monoisotopic (exact) mass is 365 g/mol. The zero-order valence-corrected chi connectivity index (χ0v) is 15.4. The SMILES string of the molecule is C1CCOC1.CC(=O)Nc1cc2c(cn1)c(C1CC1)nn2-c1ccccn1. The van der Waals surface area contributed by atoms with Crippen LogP contribution < -0.4 is 5.32 Å². The number of pyridine rings is 2. The van der Waals surface area contributed by atoms with Crippen LogP contribution in [0.5, 0.6) is 0 Å². The summed E-state index contributed by atoms with van der Waals surface area (Å²) < 4.78 is 6.77. The van der Waals surface area contributed by atoms with E-state index in [0.717, 1.165) is 35.6 Å². The first-order valence-electron chi connectivity index (χ1n) is 9.38. The largest absolute Gasteiger partial charge is 0.381 e. The Morgan fingerprint density at radius 3 is 2.63 bits per heavy atom. The van der Waals surface area contributed by atoms with E-state index in [-0.39, 0.29) is 5.91 Å². The molecule has 1 aliphatic heterocycles. The summed E-state index contributed by atoms with van der Waals surface area (Å²) in [4.78, 5) is 19.9. The van der Waals surface area contributed by atoms with Crippen molar-refractivity contribution in [3.05, 3.63) is 42.4 Å². The molecule has 0 unspecified atom stereocenters. The minimum atomic E-state index is -0.141. The molecule has 0 radical (unpaired) electrons. The lowest BCUT2D eigenvalue weighted by molar-refractivity contribution is -0.114. The summed E-state index contributed by atoms with van der Waals surface area (Å²) in [5.41, 5.74) is 1.99. The van der Waals surface area contributed by atoms with Gasteiger partial charge in [-0.25, -0.2) is 14.6 Å². The molecule has 27 heavy (non-hydrogen) atoms. The molecular formula is C20H23N5O2. The molecule has 2 aliphatic rings. The molecule has 0 atom stereocenters. The second-order valence-corrected chi connectivity index (χ2v) is 6.85. The molecule has 0 aromatic carbocycles. The van der Waals surface area contributed by atoms with Crippen molar-refractivity contribution in [2.75, 3.05) is 18.5 Å². The van der Waals surface area contributed by atoms with Gasteiger partial charge in [0.1, 0.15) is 5.82 Å². The number of hydrogen-bond donors (Lipinski definition) is 1. The molecule has 1 amide bonds. The molecule has 0 spiro atoms. The van der Waals surface area contributed by atoms with E-state index in [1.807, 2.05) is 28.9 Å². The fraction of sp³-hybridized carbons (Fsp3) is 0.400. The van der Waals surface area contributed by atoms with Crippen LogP contribution in [0.15, 0.2) is 36.7 Å². The molecule has 5 rings (SSSR count). The Morgan fingerprint density at radius 1 is 1.22 bits per heavy atom. The summed E-state index contributed by atoms with van der Waals surface area (Å²) in [6, 6.07) is 7.58. The summed E-state index contributed by atoms with van der Waals surface area (Å²) in [6.07, 6.45) is 8.43. The Labute approximate surface area is 157 Å². The molecule has 2 fully saturated rings. The Balaban J connectivity index is 0.000000314. The summed E-state index contributed by atoms with van der Waals surface area (Å²) in [5, 5.41) is 8.49. The Bertz CT molecular complexity index is 923. The molecule has 1 N–H and O–H groups in total. The van der Waals surface area contributed by atoms with E-state index in [9.17, 15) is 4.79 Å². The van der Waals surface area contributed by atoms with Gasteiger partial charge in [-0.3, -0.25) is 4.79 Å². The van der Waals surface area contributed by atoms with E-state index < -0.39 is 0 Å². The van der Waals surface area contributed by atoms with Crippen molar-refractivity contribution >= 4 is 22.6 Å². The fourth-order valence-electron chi connectivity index (χ4n) is 3.10. The number of carbonyl (C=O) groups excluding carboxylic acids is 1. The summed E-state index contributed by atoms with van der Waals surface area (Å²) in [6.45, 7) is 3.47. The van der Waals surface area contributed by atoms with E-state index >= 15 is 0 Å². The van der Waals surface area contributed by atoms with Gasteiger partial charge in [-0.1, -0.05) is 6.07 Å². The van der Waals surface area contributed by atoms with Crippen molar-refractivity contribution in [1.29, 1.82) is 0 Å². The van der Waals surface area contributed by atoms with E-state index in [2.05, 4.69) is 15.3 Å². The van der Waals surface area contributed by atoms with Gasteiger partial charge in [-0.05, 0) is 37.8 Å². The number of carbonyl (C=O) groups is 1. The molecule has 1 saturated carbocycles. The fourth-order valence-corrected chi connectivity index (χ4v) is 3.10. The first-order valence-corrected chi connectivity index (χ1v) is 9.38. The third kappa shape index (κ3) is 4.14. The Hall–Kier alpha value is -2.80. The van der Waals surface area contributed by atoms with Crippen LogP contribution in [0.25, 0.3) is 16.7 Å². The van der Waals surface area contributed by atoms with Crippen molar-refractivity contribution < 1.29 is 9.53 Å². The maximum atomic E-state index is 11.2. The number of hydrogen-bond acceptors (Lipinski definition) is 5. The Kier molecular flexibility index (Phi) is 5.11. The number of amides is 1. The smallest absolute Gasteiger partial charge is 0.222 e. The van der Waals surface area contributed by atoms with Crippen LogP contribution in [-0.2, 0) is 9.53 Å². The highest BCUT2D eigenvalue weighted by Gasteiger charge is 2.29. The average molecular weight is 365 g/mol. The first kappa shape index (κ1) is 17.6. The van der Waals surface area contributed by atoms with Crippen molar-refractivity contribution in [2.24, 2.45) is 0 Å². The normalized spacial score (nSPS) is 16.0. The molecular weight excluding hydrogens is 342 g/mol. The molecule has 4 heterocycles. The molecule has 1 saturated heterocycles. The molecule has 1 aliphatic carbocycles. The lowest BCUT2D eigenvalue weighted by Gasteiger charge is -2.04. The van der Waals surface area contributed by atoms with Gasteiger partial charge in [0.25, 0.3) is 0 Å². The molecule has 140 valence electrons. The van der Waals surface area contributed by atoms with E-state index in [1.165, 1.54) is 32.6 Å². The predicted octanol–water partition coefficient (Wildman–Crippen LogP) is 3.45. The summed E-state index contributed by atoms with van der Waals surface area (Å²) in [7, 11) is 0. The molecule has 0 bridgehead atoms. The van der Waals surface area contributed by atoms with Crippen molar-refractivity contribution in [2.45, 2.75) is 38.5 Å². The van der Waals surface area contributed by atoms with Gasteiger partial charge in [-0.15, -0.1) is 0 Å². The minimum absolute atomic E-state index is 0.141. The molecule has 7 nitrogen and oxygen atoms in total. The third-order valence-electron chi connectivity index (χ3n) is 4.56. The van der Waals surface area contributed by atoms with E-state index in [1.54, 1.807) is 12.4 Å². The summed E-state index contributed by atoms with van der Waals surface area (Å²) >= 11 is 0. The van der Waals surface area contributed by atoms with Crippen molar-refractivity contribution in [1.82, 2.24) is 19.7 Å². The van der Waals surface area contributed by atoms with Crippen LogP contribution >= 0.6 is 0 Å². The van der Waals surface area contributed by atoms with Crippen LogP contribution in [-0.4, -0.2) is 38.9 Å².